The fourth-order valence-electron chi connectivity index (χ4n) is 3.60. The van der Waals surface area contributed by atoms with Gasteiger partial charge in [0.25, 0.3) is 0 Å². The van der Waals surface area contributed by atoms with Crippen molar-refractivity contribution in [2.75, 3.05) is 26.4 Å². The van der Waals surface area contributed by atoms with Crippen molar-refractivity contribution in [3.8, 4) is 5.75 Å². The standard InChI is InChI=1S/C28H35NO3/c1-2-3-17-31-18-19-32-27-16-10-15-26(20-27)28(30)23-29(21-24-11-6-4-7-12-24)22-25-13-8-5-9-14-25/h4-16,20,28,30H,2-3,17-19,21-23H2,1H3/t28-/m0/s1. The van der Waals surface area contributed by atoms with Crippen LogP contribution in [0.1, 0.15) is 42.6 Å². The highest BCUT2D eigenvalue weighted by Gasteiger charge is 2.15. The Morgan fingerprint density at radius 1 is 0.781 bits per heavy atom. The zero-order valence-corrected chi connectivity index (χ0v) is 19.0. The van der Waals surface area contributed by atoms with Gasteiger partial charge in [0.15, 0.2) is 0 Å². The summed E-state index contributed by atoms with van der Waals surface area (Å²) in [7, 11) is 0. The van der Waals surface area contributed by atoms with Gasteiger partial charge in [0.1, 0.15) is 12.4 Å². The summed E-state index contributed by atoms with van der Waals surface area (Å²) >= 11 is 0. The summed E-state index contributed by atoms with van der Waals surface area (Å²) in [6, 6.07) is 28.5. The summed E-state index contributed by atoms with van der Waals surface area (Å²) in [6.07, 6.45) is 1.60. The van der Waals surface area contributed by atoms with Crippen LogP contribution in [-0.4, -0.2) is 36.4 Å². The number of hydrogen-bond donors (Lipinski definition) is 1. The molecule has 0 aliphatic carbocycles. The molecule has 0 aromatic heterocycles. The highest BCUT2D eigenvalue weighted by Crippen LogP contribution is 2.22. The predicted molar refractivity (Wildman–Crippen MR) is 130 cm³/mol. The van der Waals surface area contributed by atoms with Gasteiger partial charge in [-0.25, -0.2) is 0 Å². The van der Waals surface area contributed by atoms with Crippen LogP contribution in [0.4, 0.5) is 0 Å². The Labute approximate surface area is 192 Å². The summed E-state index contributed by atoms with van der Waals surface area (Å²) in [6.45, 7) is 6.10. The molecular formula is C28H35NO3. The first-order valence-corrected chi connectivity index (χ1v) is 11.5. The van der Waals surface area contributed by atoms with Gasteiger partial charge in [0, 0.05) is 26.2 Å². The van der Waals surface area contributed by atoms with Gasteiger partial charge in [0.2, 0.25) is 0 Å². The van der Waals surface area contributed by atoms with Crippen LogP contribution in [0.25, 0.3) is 0 Å². The summed E-state index contributed by atoms with van der Waals surface area (Å²) in [5.74, 6) is 0.762. The van der Waals surface area contributed by atoms with Crippen LogP contribution in [0.5, 0.6) is 5.75 Å². The Balaban J connectivity index is 1.60. The van der Waals surface area contributed by atoms with Crippen molar-refractivity contribution in [2.45, 2.75) is 39.0 Å². The van der Waals surface area contributed by atoms with E-state index in [0.29, 0.717) is 19.8 Å². The molecule has 0 fully saturated rings. The van der Waals surface area contributed by atoms with Crippen LogP contribution in [0.3, 0.4) is 0 Å². The molecular weight excluding hydrogens is 398 g/mol. The second-order valence-electron chi connectivity index (χ2n) is 8.04. The van der Waals surface area contributed by atoms with Gasteiger partial charge in [-0.2, -0.15) is 0 Å². The SMILES string of the molecule is CCCCOCCOc1cccc([C@@H](O)CN(Cc2ccccc2)Cc2ccccc2)c1. The molecule has 3 aromatic carbocycles. The first kappa shape index (κ1) is 24.0. The van der Waals surface area contributed by atoms with Crippen LogP contribution in [-0.2, 0) is 17.8 Å². The molecule has 0 unspecified atom stereocenters. The zero-order valence-electron chi connectivity index (χ0n) is 19.0. The molecule has 1 N–H and O–H groups in total. The zero-order chi connectivity index (χ0) is 22.4. The number of hydrogen-bond acceptors (Lipinski definition) is 4. The van der Waals surface area contributed by atoms with Crippen LogP contribution in [0, 0.1) is 0 Å². The molecule has 0 heterocycles. The summed E-state index contributed by atoms with van der Waals surface area (Å²) < 4.78 is 11.4. The van der Waals surface area contributed by atoms with Crippen LogP contribution < -0.4 is 4.74 Å². The van der Waals surface area contributed by atoms with Crippen molar-refractivity contribution < 1.29 is 14.6 Å². The molecule has 170 valence electrons. The molecule has 0 saturated carbocycles. The highest BCUT2D eigenvalue weighted by molar-refractivity contribution is 5.30. The first-order chi connectivity index (χ1) is 15.7. The minimum Gasteiger partial charge on any atom is -0.491 e. The highest BCUT2D eigenvalue weighted by atomic mass is 16.5. The van der Waals surface area contributed by atoms with E-state index in [2.05, 4.69) is 60.4 Å². The molecule has 0 saturated heterocycles. The fourth-order valence-corrected chi connectivity index (χ4v) is 3.60. The maximum atomic E-state index is 11.0. The van der Waals surface area contributed by atoms with E-state index in [0.717, 1.165) is 43.9 Å². The lowest BCUT2D eigenvalue weighted by molar-refractivity contribution is 0.0967. The molecule has 4 heteroatoms. The van der Waals surface area contributed by atoms with Crippen molar-refractivity contribution in [3.63, 3.8) is 0 Å². The number of ether oxygens (including phenoxy) is 2. The summed E-state index contributed by atoms with van der Waals surface area (Å²) in [5, 5.41) is 11.0. The average molecular weight is 434 g/mol. The number of rotatable bonds is 14. The molecule has 4 nitrogen and oxygen atoms in total. The molecule has 0 amide bonds. The van der Waals surface area contributed by atoms with Gasteiger partial charge in [-0.3, -0.25) is 4.90 Å². The normalized spacial score (nSPS) is 12.1. The lowest BCUT2D eigenvalue weighted by Gasteiger charge is -2.26. The van der Waals surface area contributed by atoms with E-state index in [1.807, 2.05) is 36.4 Å². The first-order valence-electron chi connectivity index (χ1n) is 11.5. The lowest BCUT2D eigenvalue weighted by Crippen LogP contribution is -2.28. The van der Waals surface area contributed by atoms with Gasteiger partial charge in [0.05, 0.1) is 12.7 Å². The minimum absolute atomic E-state index is 0.511. The molecule has 3 aromatic rings. The van der Waals surface area contributed by atoms with Gasteiger partial charge >= 0.3 is 0 Å². The lowest BCUT2D eigenvalue weighted by atomic mass is 10.1. The quantitative estimate of drug-likeness (QED) is 0.335. The van der Waals surface area contributed by atoms with Crippen molar-refractivity contribution >= 4 is 0 Å². The summed E-state index contributed by atoms with van der Waals surface area (Å²) in [4.78, 5) is 2.28. The molecule has 0 aliphatic heterocycles. The summed E-state index contributed by atoms with van der Waals surface area (Å²) in [5.41, 5.74) is 3.33. The third kappa shape index (κ3) is 8.46. The smallest absolute Gasteiger partial charge is 0.119 e. The van der Waals surface area contributed by atoms with Crippen LogP contribution >= 0.6 is 0 Å². The van der Waals surface area contributed by atoms with E-state index in [-0.39, 0.29) is 0 Å². The van der Waals surface area contributed by atoms with Crippen LogP contribution in [0.2, 0.25) is 0 Å². The van der Waals surface area contributed by atoms with Gasteiger partial charge in [-0.1, -0.05) is 86.1 Å². The molecule has 32 heavy (non-hydrogen) atoms. The Morgan fingerprint density at radius 3 is 2.06 bits per heavy atom. The van der Waals surface area contributed by atoms with Crippen molar-refractivity contribution in [1.82, 2.24) is 4.90 Å². The molecule has 3 rings (SSSR count). The third-order valence-electron chi connectivity index (χ3n) is 5.31. The fraction of sp³-hybridized carbons (Fsp3) is 0.357. The molecule has 0 spiro atoms. The van der Waals surface area contributed by atoms with Crippen molar-refractivity contribution in [3.05, 3.63) is 102 Å². The van der Waals surface area contributed by atoms with Gasteiger partial charge in [-0.05, 0) is 35.2 Å². The monoisotopic (exact) mass is 433 g/mol. The second kappa shape index (κ2) is 13.7. The number of aliphatic hydroxyl groups is 1. The second-order valence-corrected chi connectivity index (χ2v) is 8.04. The number of benzene rings is 3. The Morgan fingerprint density at radius 2 is 1.44 bits per heavy atom. The largest absolute Gasteiger partial charge is 0.491 e. The van der Waals surface area contributed by atoms with E-state index in [1.54, 1.807) is 0 Å². The maximum absolute atomic E-state index is 11.0. The number of nitrogens with zero attached hydrogens (tertiary/aromatic N) is 1. The molecule has 0 radical (unpaired) electrons. The average Bonchev–Trinajstić information content (AvgIpc) is 2.83. The molecule has 0 aliphatic rings. The Hall–Kier alpha value is -2.66. The van der Waals surface area contributed by atoms with Crippen molar-refractivity contribution in [1.29, 1.82) is 0 Å². The maximum Gasteiger partial charge on any atom is 0.119 e. The number of unbranched alkanes of at least 4 members (excludes halogenated alkanes) is 1. The van der Waals surface area contributed by atoms with Crippen molar-refractivity contribution in [2.24, 2.45) is 0 Å². The molecule has 0 bridgehead atoms. The van der Waals surface area contributed by atoms with Gasteiger partial charge in [-0.15, -0.1) is 0 Å². The Kier molecular flexibility index (Phi) is 10.3. The minimum atomic E-state index is -0.605. The van der Waals surface area contributed by atoms with E-state index in [4.69, 9.17) is 9.47 Å². The van der Waals surface area contributed by atoms with Crippen LogP contribution in [0.15, 0.2) is 84.9 Å². The van der Waals surface area contributed by atoms with E-state index in [1.165, 1.54) is 11.1 Å². The van der Waals surface area contributed by atoms with Gasteiger partial charge < -0.3 is 14.6 Å². The number of aliphatic hydroxyl groups excluding tert-OH is 1. The topological polar surface area (TPSA) is 41.9 Å². The predicted octanol–water partition coefficient (Wildman–Crippen LogP) is 5.62. The van der Waals surface area contributed by atoms with E-state index >= 15 is 0 Å². The van der Waals surface area contributed by atoms with E-state index < -0.39 is 6.10 Å². The molecule has 1 atom stereocenters. The Bertz CT molecular complexity index is 844. The van der Waals surface area contributed by atoms with E-state index in [9.17, 15) is 5.11 Å². The third-order valence-corrected chi connectivity index (χ3v) is 5.31.